The normalized spacial score (nSPS) is 19.5. The predicted octanol–water partition coefficient (Wildman–Crippen LogP) is 4.37. The minimum atomic E-state index is -0.149. The largest absolute Gasteiger partial charge is 0.341 e. The average Bonchev–Trinajstić information content (AvgIpc) is 3.04. The van der Waals surface area contributed by atoms with E-state index in [0.717, 1.165) is 56.9 Å². The molecule has 0 aliphatic carbocycles. The van der Waals surface area contributed by atoms with Gasteiger partial charge in [-0.15, -0.1) is 0 Å². The van der Waals surface area contributed by atoms with Crippen molar-refractivity contribution in [3.05, 3.63) is 17.2 Å². The molecule has 0 spiro atoms. The van der Waals surface area contributed by atoms with Crippen LogP contribution in [0.2, 0.25) is 0 Å². The van der Waals surface area contributed by atoms with Gasteiger partial charge in [-0.05, 0) is 64.7 Å². The molecule has 0 radical (unpaired) electrons. The molecule has 1 N–H and O–H groups in total. The smallest absolute Gasteiger partial charge is 0.242 e. The number of piperazine rings is 1. The molecule has 2 aliphatic rings. The first-order valence-electron chi connectivity index (χ1n) is 13.7. The molecule has 0 aromatic carbocycles. The lowest BCUT2D eigenvalue weighted by atomic mass is 9.93. The molecular weight excluding hydrogens is 438 g/mol. The van der Waals surface area contributed by atoms with Crippen molar-refractivity contribution in [3.63, 3.8) is 0 Å². The van der Waals surface area contributed by atoms with Crippen molar-refractivity contribution >= 4 is 11.8 Å². The predicted molar refractivity (Wildman–Crippen MR) is 143 cm³/mol. The van der Waals surface area contributed by atoms with Crippen molar-refractivity contribution in [1.82, 2.24) is 24.7 Å². The maximum atomic E-state index is 12.9. The number of carbonyl (C=O) groups is 2. The molecule has 2 aliphatic heterocycles. The van der Waals surface area contributed by atoms with Crippen molar-refractivity contribution in [2.45, 2.75) is 100 Å². The first-order chi connectivity index (χ1) is 16.4. The number of nitrogens with zero attached hydrogens (tertiary/aromatic N) is 4. The summed E-state index contributed by atoms with van der Waals surface area (Å²) in [6.07, 6.45) is 3.79. The van der Waals surface area contributed by atoms with Crippen molar-refractivity contribution in [1.29, 1.82) is 0 Å². The number of likely N-dealkylation sites (tertiary alicyclic amines) is 1. The lowest BCUT2D eigenvalue weighted by molar-refractivity contribution is -0.144. The molecule has 2 saturated heterocycles. The summed E-state index contributed by atoms with van der Waals surface area (Å²) in [5.74, 6) is 3.19. The SMILES string of the molecule is CC(C)C.Cc1nc(CC2CCN(C(=O)CN3CCNC(CC(C)C)C3=O)CC2)n(C(C)C)c1C. The topological polar surface area (TPSA) is 70.5 Å². The van der Waals surface area contributed by atoms with Crippen molar-refractivity contribution in [2.75, 3.05) is 32.7 Å². The molecule has 7 nitrogen and oxygen atoms in total. The van der Waals surface area contributed by atoms with E-state index < -0.39 is 0 Å². The number of nitrogens with one attached hydrogen (secondary N) is 1. The Kier molecular flexibility index (Phi) is 11.3. The molecule has 3 rings (SSSR count). The number of carbonyl (C=O) groups excluding carboxylic acids is 2. The molecule has 0 bridgehead atoms. The first-order valence-corrected chi connectivity index (χ1v) is 13.7. The Morgan fingerprint density at radius 2 is 1.63 bits per heavy atom. The lowest BCUT2D eigenvalue weighted by Crippen LogP contribution is -2.57. The van der Waals surface area contributed by atoms with E-state index in [-0.39, 0.29) is 24.4 Å². The highest BCUT2D eigenvalue weighted by atomic mass is 16.2. The fourth-order valence-electron chi connectivity index (χ4n) is 5.04. The maximum Gasteiger partial charge on any atom is 0.242 e. The van der Waals surface area contributed by atoms with Crippen LogP contribution in [0.1, 0.15) is 91.0 Å². The molecule has 0 saturated carbocycles. The highest BCUT2D eigenvalue weighted by Gasteiger charge is 2.32. The van der Waals surface area contributed by atoms with Gasteiger partial charge in [0.2, 0.25) is 11.8 Å². The van der Waals surface area contributed by atoms with Crippen LogP contribution >= 0.6 is 0 Å². The first kappa shape index (κ1) is 29.3. The third kappa shape index (κ3) is 8.62. The van der Waals surface area contributed by atoms with E-state index in [4.69, 9.17) is 4.98 Å². The van der Waals surface area contributed by atoms with Gasteiger partial charge in [0.05, 0.1) is 18.3 Å². The number of piperidine rings is 1. The summed E-state index contributed by atoms with van der Waals surface area (Å²) in [6, 6.07) is 0.262. The average molecular weight is 490 g/mol. The van der Waals surface area contributed by atoms with E-state index in [1.54, 1.807) is 4.90 Å². The van der Waals surface area contributed by atoms with Gasteiger partial charge in [-0.25, -0.2) is 4.98 Å². The number of hydrogen-bond donors (Lipinski definition) is 1. The molecule has 3 heterocycles. The Labute approximate surface area is 214 Å². The van der Waals surface area contributed by atoms with Gasteiger partial charge in [0.15, 0.2) is 0 Å². The van der Waals surface area contributed by atoms with Gasteiger partial charge in [-0.3, -0.25) is 9.59 Å². The van der Waals surface area contributed by atoms with E-state index in [2.05, 4.69) is 72.2 Å². The molecule has 7 heteroatoms. The molecule has 2 amide bonds. The van der Waals surface area contributed by atoms with Gasteiger partial charge >= 0.3 is 0 Å². The molecule has 1 atom stereocenters. The van der Waals surface area contributed by atoms with Gasteiger partial charge < -0.3 is 19.7 Å². The number of hydrogen-bond acceptors (Lipinski definition) is 4. The van der Waals surface area contributed by atoms with Gasteiger partial charge in [0.25, 0.3) is 0 Å². The van der Waals surface area contributed by atoms with Crippen LogP contribution in [0.5, 0.6) is 0 Å². The summed E-state index contributed by atoms with van der Waals surface area (Å²) in [4.78, 5) is 34.2. The second-order valence-electron chi connectivity index (χ2n) is 11.8. The third-order valence-electron chi connectivity index (χ3n) is 6.83. The van der Waals surface area contributed by atoms with Crippen molar-refractivity contribution in [3.8, 4) is 0 Å². The van der Waals surface area contributed by atoms with Gasteiger partial charge in [0, 0.05) is 44.3 Å². The van der Waals surface area contributed by atoms with Gasteiger partial charge in [0.1, 0.15) is 5.82 Å². The summed E-state index contributed by atoms with van der Waals surface area (Å²) in [5.41, 5.74) is 2.38. The highest BCUT2D eigenvalue weighted by molar-refractivity contribution is 5.88. The van der Waals surface area contributed by atoms with Gasteiger partial charge in [-0.2, -0.15) is 0 Å². The van der Waals surface area contributed by atoms with E-state index in [9.17, 15) is 9.59 Å². The second kappa shape index (κ2) is 13.4. The fraction of sp³-hybridized carbons (Fsp3) is 0.821. The summed E-state index contributed by atoms with van der Waals surface area (Å²) in [5, 5.41) is 3.31. The Morgan fingerprint density at radius 3 is 2.17 bits per heavy atom. The quantitative estimate of drug-likeness (QED) is 0.617. The number of amides is 2. The zero-order chi connectivity index (χ0) is 26.3. The Bertz CT molecular complexity index is 819. The molecule has 200 valence electrons. The van der Waals surface area contributed by atoms with Crippen molar-refractivity contribution < 1.29 is 9.59 Å². The lowest BCUT2D eigenvalue weighted by Gasteiger charge is -2.36. The Morgan fingerprint density at radius 1 is 1.03 bits per heavy atom. The van der Waals surface area contributed by atoms with Crippen LogP contribution in [0.3, 0.4) is 0 Å². The molecule has 35 heavy (non-hydrogen) atoms. The highest BCUT2D eigenvalue weighted by Crippen LogP contribution is 2.25. The van der Waals surface area contributed by atoms with Crippen molar-refractivity contribution in [2.24, 2.45) is 17.8 Å². The van der Waals surface area contributed by atoms with Crippen LogP contribution in [-0.4, -0.2) is 69.9 Å². The summed E-state index contributed by atoms with van der Waals surface area (Å²) < 4.78 is 2.36. The Hall–Kier alpha value is -1.89. The monoisotopic (exact) mass is 489 g/mol. The molecule has 1 aromatic heterocycles. The molecule has 1 unspecified atom stereocenters. The fourth-order valence-corrected chi connectivity index (χ4v) is 5.04. The summed E-state index contributed by atoms with van der Waals surface area (Å²) in [7, 11) is 0. The van der Waals surface area contributed by atoms with E-state index in [1.807, 2.05) is 4.90 Å². The van der Waals surface area contributed by atoms with Crippen LogP contribution in [0.4, 0.5) is 0 Å². The minimum absolute atomic E-state index is 0.0782. The van der Waals surface area contributed by atoms with Crippen LogP contribution in [0.25, 0.3) is 0 Å². The molecular formula is C28H51N5O2. The minimum Gasteiger partial charge on any atom is -0.341 e. The van der Waals surface area contributed by atoms with E-state index in [1.165, 1.54) is 11.5 Å². The summed E-state index contributed by atoms with van der Waals surface area (Å²) >= 11 is 0. The van der Waals surface area contributed by atoms with E-state index >= 15 is 0 Å². The number of aromatic nitrogens is 2. The second-order valence-corrected chi connectivity index (χ2v) is 11.8. The van der Waals surface area contributed by atoms with Crippen LogP contribution < -0.4 is 5.32 Å². The van der Waals surface area contributed by atoms with Crippen LogP contribution in [0, 0.1) is 31.6 Å². The number of rotatable bonds is 7. The summed E-state index contributed by atoms with van der Waals surface area (Å²) in [6.45, 7) is 22.6. The standard InChI is InChI=1S/C24H41N5O2.C4H10/c1-16(2)13-21-24(31)28(12-9-25-21)15-23(30)27-10-7-20(8-11-27)14-22-26-18(5)19(6)29(22)17(3)4;1-4(2)3/h16-17,20-21,25H,7-15H2,1-6H3;4H,1-3H3. The number of aryl methyl sites for hydroxylation is 1. The van der Waals surface area contributed by atoms with E-state index in [0.29, 0.717) is 24.4 Å². The van der Waals surface area contributed by atoms with Crippen LogP contribution in [0.15, 0.2) is 0 Å². The van der Waals surface area contributed by atoms with Gasteiger partial charge in [-0.1, -0.05) is 34.6 Å². The third-order valence-corrected chi connectivity index (χ3v) is 6.83. The molecule has 2 fully saturated rings. The maximum absolute atomic E-state index is 12.9. The number of imidazole rings is 1. The Balaban J connectivity index is 0.00000100. The zero-order valence-corrected chi connectivity index (χ0v) is 23.9. The van der Waals surface area contributed by atoms with Crippen LogP contribution in [-0.2, 0) is 16.0 Å². The zero-order valence-electron chi connectivity index (χ0n) is 23.9. The molecule has 1 aromatic rings.